The van der Waals surface area contributed by atoms with Gasteiger partial charge in [0.1, 0.15) is 5.69 Å². The molecule has 1 saturated heterocycles. The van der Waals surface area contributed by atoms with Crippen LogP contribution in [0.3, 0.4) is 0 Å². The molecule has 0 bridgehead atoms. The molecule has 3 rings (SSSR count). The third kappa shape index (κ3) is 3.14. The normalized spacial score (nSPS) is 20.8. The van der Waals surface area contributed by atoms with Gasteiger partial charge in [0.15, 0.2) is 0 Å². The van der Waals surface area contributed by atoms with Crippen LogP contribution >= 0.6 is 11.6 Å². The van der Waals surface area contributed by atoms with E-state index in [1.54, 1.807) is 30.0 Å². The van der Waals surface area contributed by atoms with Crippen LogP contribution in [0.15, 0.2) is 30.3 Å². The van der Waals surface area contributed by atoms with E-state index in [2.05, 4.69) is 10.2 Å². The first-order valence-corrected chi connectivity index (χ1v) is 8.11. The highest BCUT2D eigenvalue weighted by Gasteiger charge is 2.39. The van der Waals surface area contributed by atoms with E-state index >= 15 is 0 Å². The minimum atomic E-state index is -0.896. The van der Waals surface area contributed by atoms with Gasteiger partial charge >= 0.3 is 5.97 Å². The van der Waals surface area contributed by atoms with Crippen molar-refractivity contribution in [3.05, 3.63) is 41.0 Å². The molecule has 126 valence electrons. The molecule has 0 aliphatic carbocycles. The number of halogens is 1. The smallest absolute Gasteiger partial charge is 0.311 e. The maximum absolute atomic E-state index is 12.6. The van der Waals surface area contributed by atoms with Crippen molar-refractivity contribution in [3.8, 4) is 11.3 Å². The second-order valence-corrected chi connectivity index (χ2v) is 6.81. The van der Waals surface area contributed by atoms with Gasteiger partial charge in [-0.15, -0.1) is 0 Å². The molecule has 0 spiro atoms. The lowest BCUT2D eigenvalue weighted by molar-refractivity contribution is -0.150. The lowest BCUT2D eigenvalue weighted by Crippen LogP contribution is -2.48. The van der Waals surface area contributed by atoms with Gasteiger partial charge in [-0.3, -0.25) is 14.7 Å². The molecule has 1 unspecified atom stereocenters. The first-order valence-electron chi connectivity index (χ1n) is 7.73. The first-order chi connectivity index (χ1) is 11.4. The standard InChI is InChI=1S/C17H18ClN3O3/c1-17(16(23)24)7-2-8-21(10-17)15(22)14-9-13(19-20-14)11-3-5-12(18)6-4-11/h3-6,9H,2,7-8,10H2,1H3,(H,19,20)(H,23,24). The number of carboxylic acids is 1. The number of hydrogen-bond acceptors (Lipinski definition) is 3. The molecule has 0 radical (unpaired) electrons. The number of rotatable bonds is 3. The fraction of sp³-hybridized carbons (Fsp3) is 0.353. The van der Waals surface area contributed by atoms with Crippen molar-refractivity contribution >= 4 is 23.5 Å². The molecule has 0 saturated carbocycles. The average molecular weight is 348 g/mol. The van der Waals surface area contributed by atoms with Gasteiger partial charge in [0.05, 0.1) is 11.1 Å². The number of aromatic nitrogens is 2. The number of aliphatic carboxylic acids is 1. The lowest BCUT2D eigenvalue weighted by atomic mass is 9.82. The van der Waals surface area contributed by atoms with E-state index in [0.29, 0.717) is 35.8 Å². The molecular formula is C17H18ClN3O3. The molecule has 1 aromatic carbocycles. The fourth-order valence-electron chi connectivity index (χ4n) is 2.96. The van der Waals surface area contributed by atoms with Gasteiger partial charge in [0.25, 0.3) is 5.91 Å². The molecule has 2 heterocycles. The fourth-order valence-corrected chi connectivity index (χ4v) is 3.08. The molecule has 24 heavy (non-hydrogen) atoms. The Morgan fingerprint density at radius 3 is 2.71 bits per heavy atom. The van der Waals surface area contributed by atoms with E-state index in [-0.39, 0.29) is 12.5 Å². The van der Waals surface area contributed by atoms with Gasteiger partial charge in [-0.05, 0) is 38.0 Å². The quantitative estimate of drug-likeness (QED) is 0.893. The zero-order valence-corrected chi connectivity index (χ0v) is 14.0. The zero-order chi connectivity index (χ0) is 17.3. The molecular weight excluding hydrogens is 330 g/mol. The van der Waals surface area contributed by atoms with Crippen molar-refractivity contribution in [1.82, 2.24) is 15.1 Å². The van der Waals surface area contributed by atoms with Crippen LogP contribution in [-0.2, 0) is 4.79 Å². The Balaban J connectivity index is 1.78. The van der Waals surface area contributed by atoms with Crippen LogP contribution in [0.25, 0.3) is 11.3 Å². The van der Waals surface area contributed by atoms with E-state index in [1.165, 1.54) is 0 Å². The van der Waals surface area contributed by atoms with Crippen LogP contribution in [0.5, 0.6) is 0 Å². The summed E-state index contributed by atoms with van der Waals surface area (Å²) in [6.45, 7) is 2.44. The van der Waals surface area contributed by atoms with Crippen molar-refractivity contribution in [2.24, 2.45) is 5.41 Å². The van der Waals surface area contributed by atoms with Crippen molar-refractivity contribution in [2.75, 3.05) is 13.1 Å². The van der Waals surface area contributed by atoms with Crippen molar-refractivity contribution in [1.29, 1.82) is 0 Å². The van der Waals surface area contributed by atoms with Gasteiger partial charge in [-0.1, -0.05) is 23.7 Å². The van der Waals surface area contributed by atoms with E-state index in [1.807, 2.05) is 12.1 Å². The second-order valence-electron chi connectivity index (χ2n) is 6.37. The van der Waals surface area contributed by atoms with Crippen LogP contribution in [0.1, 0.15) is 30.3 Å². The number of aromatic amines is 1. The number of H-pyrrole nitrogens is 1. The molecule has 7 heteroatoms. The number of carbonyl (C=O) groups is 2. The zero-order valence-electron chi connectivity index (χ0n) is 13.3. The maximum atomic E-state index is 12.6. The number of amides is 1. The Morgan fingerprint density at radius 1 is 1.33 bits per heavy atom. The number of nitrogens with zero attached hydrogens (tertiary/aromatic N) is 2. The summed E-state index contributed by atoms with van der Waals surface area (Å²) >= 11 is 5.87. The van der Waals surface area contributed by atoms with E-state index in [0.717, 1.165) is 5.56 Å². The Bertz CT molecular complexity index is 772. The maximum Gasteiger partial charge on any atom is 0.311 e. The Morgan fingerprint density at radius 2 is 2.04 bits per heavy atom. The topological polar surface area (TPSA) is 86.3 Å². The molecule has 1 fully saturated rings. The monoisotopic (exact) mass is 347 g/mol. The van der Waals surface area contributed by atoms with E-state index in [9.17, 15) is 14.7 Å². The number of carbonyl (C=O) groups excluding carboxylic acids is 1. The number of likely N-dealkylation sites (tertiary alicyclic amines) is 1. The van der Waals surface area contributed by atoms with Gasteiger partial charge in [-0.25, -0.2) is 0 Å². The largest absolute Gasteiger partial charge is 0.481 e. The highest BCUT2D eigenvalue weighted by atomic mass is 35.5. The van der Waals surface area contributed by atoms with Gasteiger partial charge < -0.3 is 10.0 Å². The number of benzene rings is 1. The van der Waals surface area contributed by atoms with Crippen LogP contribution in [0.2, 0.25) is 5.02 Å². The third-order valence-electron chi connectivity index (χ3n) is 4.45. The summed E-state index contributed by atoms with van der Waals surface area (Å²) in [5.74, 6) is -1.10. The Kier molecular flexibility index (Phi) is 4.32. The van der Waals surface area contributed by atoms with Gasteiger partial charge in [0, 0.05) is 23.7 Å². The summed E-state index contributed by atoms with van der Waals surface area (Å²) < 4.78 is 0. The van der Waals surface area contributed by atoms with Crippen LogP contribution in [0.4, 0.5) is 0 Å². The predicted molar refractivity (Wildman–Crippen MR) is 89.9 cm³/mol. The van der Waals surface area contributed by atoms with Crippen molar-refractivity contribution in [3.63, 3.8) is 0 Å². The Labute approximate surface area is 144 Å². The van der Waals surface area contributed by atoms with Crippen molar-refractivity contribution < 1.29 is 14.7 Å². The summed E-state index contributed by atoms with van der Waals surface area (Å²) in [7, 11) is 0. The minimum Gasteiger partial charge on any atom is -0.481 e. The number of piperidine rings is 1. The summed E-state index contributed by atoms with van der Waals surface area (Å²) in [5, 5.41) is 16.9. The molecule has 1 aromatic heterocycles. The molecule has 1 aliphatic rings. The molecule has 2 aromatic rings. The molecule has 1 amide bonds. The summed E-state index contributed by atoms with van der Waals surface area (Å²) in [6, 6.07) is 8.86. The summed E-state index contributed by atoms with van der Waals surface area (Å²) in [6.07, 6.45) is 1.25. The average Bonchev–Trinajstić information content (AvgIpc) is 3.04. The highest BCUT2D eigenvalue weighted by Crippen LogP contribution is 2.30. The number of nitrogens with one attached hydrogen (secondary N) is 1. The van der Waals surface area contributed by atoms with Gasteiger partial charge in [0.2, 0.25) is 0 Å². The van der Waals surface area contributed by atoms with Crippen LogP contribution < -0.4 is 0 Å². The third-order valence-corrected chi connectivity index (χ3v) is 4.70. The molecule has 6 nitrogen and oxygen atoms in total. The molecule has 1 aliphatic heterocycles. The SMILES string of the molecule is CC1(C(=O)O)CCCN(C(=O)c2cc(-c3ccc(Cl)cc3)n[nH]2)C1. The Hall–Kier alpha value is -2.34. The summed E-state index contributed by atoms with van der Waals surface area (Å²) in [4.78, 5) is 25.7. The summed E-state index contributed by atoms with van der Waals surface area (Å²) in [5.41, 5.74) is 0.957. The minimum absolute atomic E-state index is 0.205. The van der Waals surface area contributed by atoms with Crippen LogP contribution in [0, 0.1) is 5.41 Å². The highest BCUT2D eigenvalue weighted by molar-refractivity contribution is 6.30. The van der Waals surface area contributed by atoms with Gasteiger partial charge in [-0.2, -0.15) is 5.10 Å². The number of carboxylic acid groups (broad SMARTS) is 1. The predicted octanol–water partition coefficient (Wildman–Crippen LogP) is 3.06. The lowest BCUT2D eigenvalue weighted by Gasteiger charge is -2.37. The van der Waals surface area contributed by atoms with Crippen molar-refractivity contribution in [2.45, 2.75) is 19.8 Å². The van der Waals surface area contributed by atoms with Crippen LogP contribution in [-0.4, -0.2) is 45.2 Å². The van der Waals surface area contributed by atoms with E-state index < -0.39 is 11.4 Å². The molecule has 1 atom stereocenters. The second kappa shape index (κ2) is 6.28. The molecule has 2 N–H and O–H groups in total. The van der Waals surface area contributed by atoms with E-state index in [4.69, 9.17) is 11.6 Å². The number of hydrogen-bond donors (Lipinski definition) is 2. The first kappa shape index (κ1) is 16.5.